The zero-order valence-corrected chi connectivity index (χ0v) is 15.5. The fraction of sp³-hybridized carbons (Fsp3) is 0.364. The molecule has 1 aliphatic rings. The fourth-order valence-corrected chi connectivity index (χ4v) is 3.40. The lowest BCUT2D eigenvalue weighted by atomic mass is 10.0. The summed E-state index contributed by atoms with van der Waals surface area (Å²) in [6, 6.07) is 16.8. The lowest BCUT2D eigenvalue weighted by molar-refractivity contribution is 0.174. The first-order valence-corrected chi connectivity index (χ1v) is 9.22. The van der Waals surface area contributed by atoms with E-state index in [4.69, 9.17) is 9.47 Å². The summed E-state index contributed by atoms with van der Waals surface area (Å²) in [6.07, 6.45) is 2.92. The third kappa shape index (κ3) is 4.65. The zero-order chi connectivity index (χ0) is 18.2. The van der Waals surface area contributed by atoms with E-state index >= 15 is 0 Å². The highest BCUT2D eigenvalue weighted by Gasteiger charge is 2.22. The lowest BCUT2D eigenvalue weighted by Gasteiger charge is -2.35. The van der Waals surface area contributed by atoms with Crippen LogP contribution in [0.3, 0.4) is 0 Å². The maximum atomic E-state index is 6.09. The van der Waals surface area contributed by atoms with Gasteiger partial charge >= 0.3 is 0 Å². The highest BCUT2D eigenvalue weighted by atomic mass is 16.5. The molecule has 2 aromatic rings. The van der Waals surface area contributed by atoms with Gasteiger partial charge in [-0.05, 0) is 29.7 Å². The lowest BCUT2D eigenvalue weighted by Crippen LogP contribution is -2.45. The molecule has 1 heterocycles. The molecule has 0 spiro atoms. The molecule has 1 aliphatic heterocycles. The second kappa shape index (κ2) is 9.41. The van der Waals surface area contributed by atoms with E-state index < -0.39 is 0 Å². The molecule has 0 radical (unpaired) electrons. The molecule has 4 nitrogen and oxygen atoms in total. The molecule has 0 aliphatic carbocycles. The van der Waals surface area contributed by atoms with Crippen LogP contribution in [0.4, 0.5) is 0 Å². The molecule has 4 heteroatoms. The summed E-state index contributed by atoms with van der Waals surface area (Å²) < 4.78 is 11.6. The van der Waals surface area contributed by atoms with Gasteiger partial charge in [0.2, 0.25) is 0 Å². The third-order valence-electron chi connectivity index (χ3n) is 4.79. The van der Waals surface area contributed by atoms with Crippen molar-refractivity contribution in [2.45, 2.75) is 19.1 Å². The van der Waals surface area contributed by atoms with Crippen LogP contribution in [0.1, 0.15) is 23.6 Å². The van der Waals surface area contributed by atoms with Gasteiger partial charge in [-0.1, -0.05) is 42.5 Å². The normalized spacial score (nSPS) is 16.0. The molecule has 26 heavy (non-hydrogen) atoms. The summed E-state index contributed by atoms with van der Waals surface area (Å²) in [6.45, 7) is 8.63. The average molecular weight is 352 g/mol. The van der Waals surface area contributed by atoms with Gasteiger partial charge in [0, 0.05) is 32.2 Å². The minimum atomic E-state index is 0.319. The Labute approximate surface area is 156 Å². The highest BCUT2D eigenvalue weighted by molar-refractivity contribution is 5.44. The molecule has 0 saturated carbocycles. The first kappa shape index (κ1) is 18.5. The van der Waals surface area contributed by atoms with Gasteiger partial charge in [0.1, 0.15) is 6.61 Å². The minimum absolute atomic E-state index is 0.319. The smallest absolute Gasteiger partial charge is 0.161 e. The number of methoxy groups -OCH3 is 1. The topological polar surface area (TPSA) is 33.7 Å². The van der Waals surface area contributed by atoms with E-state index in [0.717, 1.165) is 49.7 Å². The summed E-state index contributed by atoms with van der Waals surface area (Å²) in [4.78, 5) is 2.51. The van der Waals surface area contributed by atoms with Crippen molar-refractivity contribution in [2.75, 3.05) is 33.3 Å². The monoisotopic (exact) mass is 352 g/mol. The van der Waals surface area contributed by atoms with E-state index in [1.807, 2.05) is 30.3 Å². The summed E-state index contributed by atoms with van der Waals surface area (Å²) in [7, 11) is 1.68. The Kier molecular flexibility index (Phi) is 6.69. The Hall–Kier alpha value is -2.30. The van der Waals surface area contributed by atoms with Crippen molar-refractivity contribution in [1.82, 2.24) is 10.2 Å². The molecule has 138 valence electrons. The number of piperazine rings is 1. The van der Waals surface area contributed by atoms with Crippen LogP contribution in [-0.4, -0.2) is 38.2 Å². The standard InChI is InChI=1S/C22H28N2O2/c1-3-7-20(24-14-12-23-13-15-24)19-10-11-21(25-2)22(16-19)26-17-18-8-5-4-6-9-18/h3-6,8-11,16,20,23H,1,7,12-15,17H2,2H3/t20-/m1/s1. The predicted molar refractivity (Wildman–Crippen MR) is 106 cm³/mol. The van der Waals surface area contributed by atoms with Gasteiger partial charge in [0.05, 0.1) is 7.11 Å². The van der Waals surface area contributed by atoms with Crippen LogP contribution in [0.2, 0.25) is 0 Å². The van der Waals surface area contributed by atoms with Crippen LogP contribution in [0.25, 0.3) is 0 Å². The third-order valence-corrected chi connectivity index (χ3v) is 4.79. The molecule has 1 atom stereocenters. The van der Waals surface area contributed by atoms with Crippen LogP contribution in [-0.2, 0) is 6.61 Å². The molecule has 0 bridgehead atoms. The summed E-state index contributed by atoms with van der Waals surface area (Å²) >= 11 is 0. The number of hydrogen-bond acceptors (Lipinski definition) is 4. The molecule has 2 aromatic carbocycles. The van der Waals surface area contributed by atoms with Gasteiger partial charge in [0.25, 0.3) is 0 Å². The summed E-state index contributed by atoms with van der Waals surface area (Å²) in [5, 5.41) is 3.42. The van der Waals surface area contributed by atoms with E-state index in [1.165, 1.54) is 5.56 Å². The van der Waals surface area contributed by atoms with Crippen molar-refractivity contribution in [1.29, 1.82) is 0 Å². The molecule has 1 N–H and O–H groups in total. The molecular formula is C22H28N2O2. The van der Waals surface area contributed by atoms with Crippen molar-refractivity contribution in [2.24, 2.45) is 0 Å². The van der Waals surface area contributed by atoms with Crippen molar-refractivity contribution < 1.29 is 9.47 Å². The Balaban J connectivity index is 1.81. The fourth-order valence-electron chi connectivity index (χ4n) is 3.40. The Bertz CT molecular complexity index is 697. The number of hydrogen-bond donors (Lipinski definition) is 1. The van der Waals surface area contributed by atoms with E-state index in [1.54, 1.807) is 7.11 Å². The first-order valence-electron chi connectivity index (χ1n) is 9.22. The molecular weight excluding hydrogens is 324 g/mol. The van der Waals surface area contributed by atoms with E-state index in [0.29, 0.717) is 12.6 Å². The van der Waals surface area contributed by atoms with Crippen molar-refractivity contribution >= 4 is 0 Å². The van der Waals surface area contributed by atoms with E-state index in [-0.39, 0.29) is 0 Å². The van der Waals surface area contributed by atoms with Gasteiger partial charge in [-0.15, -0.1) is 6.58 Å². The quantitative estimate of drug-likeness (QED) is 0.733. The molecule has 1 saturated heterocycles. The van der Waals surface area contributed by atoms with E-state index in [2.05, 4.69) is 41.1 Å². The highest BCUT2D eigenvalue weighted by Crippen LogP contribution is 2.34. The summed E-state index contributed by atoms with van der Waals surface area (Å²) in [5.74, 6) is 1.56. The maximum absolute atomic E-state index is 6.09. The van der Waals surface area contributed by atoms with Gasteiger partial charge < -0.3 is 14.8 Å². The average Bonchev–Trinajstić information content (AvgIpc) is 2.71. The van der Waals surface area contributed by atoms with Gasteiger partial charge in [-0.3, -0.25) is 4.90 Å². The largest absolute Gasteiger partial charge is 0.493 e. The second-order valence-electron chi connectivity index (χ2n) is 6.51. The number of nitrogens with one attached hydrogen (secondary N) is 1. The number of ether oxygens (including phenoxy) is 2. The Morgan fingerprint density at radius 3 is 2.58 bits per heavy atom. The van der Waals surface area contributed by atoms with Crippen molar-refractivity contribution in [3.8, 4) is 11.5 Å². The van der Waals surface area contributed by atoms with Gasteiger partial charge in [0.15, 0.2) is 11.5 Å². The second-order valence-corrected chi connectivity index (χ2v) is 6.51. The first-order chi connectivity index (χ1) is 12.8. The summed E-state index contributed by atoms with van der Waals surface area (Å²) in [5.41, 5.74) is 2.39. The Morgan fingerprint density at radius 1 is 1.12 bits per heavy atom. The van der Waals surface area contributed by atoms with Crippen LogP contribution in [0.15, 0.2) is 61.2 Å². The number of rotatable bonds is 8. The number of nitrogens with zero attached hydrogens (tertiary/aromatic N) is 1. The number of benzene rings is 2. The maximum Gasteiger partial charge on any atom is 0.161 e. The molecule has 3 rings (SSSR count). The van der Waals surface area contributed by atoms with Crippen LogP contribution < -0.4 is 14.8 Å². The molecule has 0 amide bonds. The Morgan fingerprint density at radius 2 is 1.88 bits per heavy atom. The van der Waals surface area contributed by atoms with Crippen LogP contribution in [0, 0.1) is 0 Å². The molecule has 1 fully saturated rings. The van der Waals surface area contributed by atoms with E-state index in [9.17, 15) is 0 Å². The zero-order valence-electron chi connectivity index (χ0n) is 15.5. The van der Waals surface area contributed by atoms with Gasteiger partial charge in [-0.2, -0.15) is 0 Å². The molecule has 0 aromatic heterocycles. The minimum Gasteiger partial charge on any atom is -0.493 e. The van der Waals surface area contributed by atoms with Gasteiger partial charge in [-0.25, -0.2) is 0 Å². The van der Waals surface area contributed by atoms with Crippen molar-refractivity contribution in [3.05, 3.63) is 72.3 Å². The van der Waals surface area contributed by atoms with Crippen LogP contribution >= 0.6 is 0 Å². The van der Waals surface area contributed by atoms with Crippen molar-refractivity contribution in [3.63, 3.8) is 0 Å². The molecule has 0 unspecified atom stereocenters. The van der Waals surface area contributed by atoms with Crippen LogP contribution in [0.5, 0.6) is 11.5 Å². The predicted octanol–water partition coefficient (Wildman–Crippen LogP) is 3.80. The SMILES string of the molecule is C=CC[C@H](c1ccc(OC)c(OCc2ccccc2)c1)N1CCNCC1.